The van der Waals surface area contributed by atoms with Crippen LogP contribution in [0.25, 0.3) is 38.2 Å². The second-order valence-electron chi connectivity index (χ2n) is 9.93. The number of hydrogen-bond donors (Lipinski definition) is 0. The van der Waals surface area contributed by atoms with Gasteiger partial charge in [0.2, 0.25) is 0 Å². The average Bonchev–Trinajstić information content (AvgIpc) is 3.00. The van der Waals surface area contributed by atoms with Crippen LogP contribution in [0.15, 0.2) is 182 Å². The fourth-order valence-electron chi connectivity index (χ4n) is 5.00. The lowest BCUT2D eigenvalue weighted by Crippen LogP contribution is -1.86. The zero-order valence-electron chi connectivity index (χ0n) is 22.9. The lowest BCUT2D eigenvalue weighted by Gasteiger charge is -2.11. The second kappa shape index (κ2) is 12.7. The Labute approximate surface area is 238 Å². The van der Waals surface area contributed by atoms with Gasteiger partial charge in [0, 0.05) is 0 Å². The SMILES string of the molecule is C=C(/C=C\C(=C)c1ccccccc(-c2cccc3ccccc23)c2ccccc12)C(=C)/C=C\C1=CCCC=C1. The van der Waals surface area contributed by atoms with Gasteiger partial charge in [-0.3, -0.25) is 0 Å². The van der Waals surface area contributed by atoms with Crippen molar-refractivity contribution >= 4 is 27.1 Å². The highest BCUT2D eigenvalue weighted by atomic mass is 14.1. The highest BCUT2D eigenvalue weighted by Crippen LogP contribution is 2.34. The van der Waals surface area contributed by atoms with Crippen molar-refractivity contribution in [1.29, 1.82) is 0 Å². The van der Waals surface area contributed by atoms with Gasteiger partial charge in [0.1, 0.15) is 0 Å². The van der Waals surface area contributed by atoms with Gasteiger partial charge in [0.25, 0.3) is 0 Å². The Morgan fingerprint density at radius 2 is 1.18 bits per heavy atom. The molecule has 4 aromatic carbocycles. The van der Waals surface area contributed by atoms with Crippen molar-refractivity contribution in [3.05, 3.63) is 188 Å². The molecule has 0 radical (unpaired) electrons. The fourth-order valence-corrected chi connectivity index (χ4v) is 5.00. The predicted molar refractivity (Wildman–Crippen MR) is 177 cm³/mol. The minimum Gasteiger partial charge on any atom is -0.0912 e. The molecule has 0 heterocycles. The summed E-state index contributed by atoms with van der Waals surface area (Å²) in [6.07, 6.45) is 17.0. The van der Waals surface area contributed by atoms with E-state index >= 15 is 0 Å². The molecular formula is C40H34. The zero-order chi connectivity index (χ0) is 27.7. The molecule has 0 nitrogen and oxygen atoms in total. The standard InChI is InChI=1S/C40H34/c1-30(31(2)28-29-33-16-7-6-8-17-33)26-27-32(3)35-20-9-4-5-10-22-40(39-24-14-13-23-37(35)39)38-25-15-19-34-18-11-12-21-36(34)38/h4-5,7,9-29H,1-3,6,8H2/b5-4?,9-4?,10-5?,20-9?,22-10?,27-26-,29-28-,35-20?,37-35?,40-22?,40-39?. The summed E-state index contributed by atoms with van der Waals surface area (Å²) in [4.78, 5) is 0. The summed E-state index contributed by atoms with van der Waals surface area (Å²) in [6, 6.07) is 36.3. The van der Waals surface area contributed by atoms with Crippen molar-refractivity contribution in [2.24, 2.45) is 0 Å². The number of allylic oxidation sites excluding steroid dienone is 11. The van der Waals surface area contributed by atoms with Crippen LogP contribution in [0.4, 0.5) is 0 Å². The number of hydrogen-bond acceptors (Lipinski definition) is 0. The lowest BCUT2D eigenvalue weighted by molar-refractivity contribution is 1.02. The predicted octanol–water partition coefficient (Wildman–Crippen LogP) is 11.3. The maximum absolute atomic E-state index is 4.47. The van der Waals surface area contributed by atoms with Gasteiger partial charge < -0.3 is 0 Å². The van der Waals surface area contributed by atoms with E-state index in [0.29, 0.717) is 0 Å². The molecule has 0 fully saturated rings. The van der Waals surface area contributed by atoms with Crippen LogP contribution in [0.5, 0.6) is 0 Å². The molecule has 194 valence electrons. The van der Waals surface area contributed by atoms with Crippen molar-refractivity contribution in [2.75, 3.05) is 0 Å². The highest BCUT2D eigenvalue weighted by Gasteiger charge is 2.08. The van der Waals surface area contributed by atoms with Gasteiger partial charge in [0.05, 0.1) is 0 Å². The lowest BCUT2D eigenvalue weighted by atomic mass is 9.93. The molecule has 1 aliphatic rings. The van der Waals surface area contributed by atoms with Crippen LogP contribution in [0.3, 0.4) is 0 Å². The molecule has 0 amide bonds. The molecule has 0 aliphatic heterocycles. The Balaban J connectivity index is 1.56. The Morgan fingerprint density at radius 3 is 1.98 bits per heavy atom. The second-order valence-corrected chi connectivity index (χ2v) is 9.93. The maximum atomic E-state index is 4.47. The summed E-state index contributed by atoms with van der Waals surface area (Å²) in [5, 5.41) is 4.76. The normalized spacial score (nSPS) is 12.9. The van der Waals surface area contributed by atoms with E-state index in [1.165, 1.54) is 32.9 Å². The fraction of sp³-hybridized carbons (Fsp3) is 0.0500. The first kappa shape index (κ1) is 26.7. The minimum absolute atomic E-state index is 0.862. The summed E-state index contributed by atoms with van der Waals surface area (Å²) < 4.78 is 0. The first-order valence-corrected chi connectivity index (χ1v) is 13.8. The molecule has 0 heteroatoms. The van der Waals surface area contributed by atoms with Crippen molar-refractivity contribution < 1.29 is 0 Å². The summed E-state index contributed by atoms with van der Waals surface area (Å²) in [5.74, 6) is 0. The molecule has 0 spiro atoms. The van der Waals surface area contributed by atoms with E-state index in [1.807, 2.05) is 18.2 Å². The molecule has 1 aliphatic carbocycles. The first-order chi connectivity index (χ1) is 19.6. The van der Waals surface area contributed by atoms with Crippen molar-refractivity contribution in [2.45, 2.75) is 12.8 Å². The van der Waals surface area contributed by atoms with Gasteiger partial charge in [-0.15, -0.1) is 0 Å². The Morgan fingerprint density at radius 1 is 0.550 bits per heavy atom. The van der Waals surface area contributed by atoms with E-state index < -0.39 is 0 Å². The molecule has 0 saturated heterocycles. The van der Waals surface area contributed by atoms with Crippen LogP contribution >= 0.6 is 0 Å². The third-order valence-corrected chi connectivity index (χ3v) is 7.19. The smallest absolute Gasteiger partial charge is 0.00990 e. The molecule has 0 unspecified atom stereocenters. The van der Waals surface area contributed by atoms with E-state index in [4.69, 9.17) is 0 Å². The Bertz CT molecular complexity index is 1780. The average molecular weight is 515 g/mol. The van der Waals surface area contributed by atoms with Crippen LogP contribution in [0.1, 0.15) is 18.4 Å². The van der Waals surface area contributed by atoms with Crippen molar-refractivity contribution in [3.63, 3.8) is 0 Å². The number of rotatable bonds is 7. The highest BCUT2D eigenvalue weighted by molar-refractivity contribution is 6.07. The van der Waals surface area contributed by atoms with Gasteiger partial charge in [0.15, 0.2) is 0 Å². The van der Waals surface area contributed by atoms with Crippen molar-refractivity contribution in [1.82, 2.24) is 0 Å². The monoisotopic (exact) mass is 514 g/mol. The van der Waals surface area contributed by atoms with E-state index in [2.05, 4.69) is 147 Å². The van der Waals surface area contributed by atoms with Crippen LogP contribution in [0.2, 0.25) is 0 Å². The topological polar surface area (TPSA) is 0 Å². The first-order valence-electron chi connectivity index (χ1n) is 13.8. The van der Waals surface area contributed by atoms with E-state index in [0.717, 1.165) is 40.5 Å². The Kier molecular flexibility index (Phi) is 8.49. The molecule has 0 N–H and O–H groups in total. The van der Waals surface area contributed by atoms with Gasteiger partial charge in [-0.2, -0.15) is 0 Å². The summed E-state index contributed by atoms with van der Waals surface area (Å²) in [5.41, 5.74) is 7.32. The third-order valence-electron chi connectivity index (χ3n) is 7.19. The van der Waals surface area contributed by atoms with E-state index in [-0.39, 0.29) is 0 Å². The molecule has 0 atom stereocenters. The van der Waals surface area contributed by atoms with Crippen LogP contribution in [0, 0.1) is 0 Å². The van der Waals surface area contributed by atoms with Gasteiger partial charge >= 0.3 is 0 Å². The zero-order valence-corrected chi connectivity index (χ0v) is 22.9. The van der Waals surface area contributed by atoms with Crippen LogP contribution in [-0.2, 0) is 0 Å². The molecule has 40 heavy (non-hydrogen) atoms. The molecular weight excluding hydrogens is 480 g/mol. The molecule has 4 aromatic rings. The van der Waals surface area contributed by atoms with Gasteiger partial charge in [-0.1, -0.05) is 165 Å². The summed E-state index contributed by atoms with van der Waals surface area (Å²) >= 11 is 0. The molecule has 0 bridgehead atoms. The third kappa shape index (κ3) is 6.20. The minimum atomic E-state index is 0.862. The van der Waals surface area contributed by atoms with Gasteiger partial charge in [-0.05, 0) is 73.4 Å². The Hall–Kier alpha value is -4.94. The largest absolute Gasteiger partial charge is 0.0912 e. The summed E-state index contributed by atoms with van der Waals surface area (Å²) in [7, 11) is 0. The number of benzene rings is 3. The van der Waals surface area contributed by atoms with E-state index in [1.54, 1.807) is 0 Å². The van der Waals surface area contributed by atoms with Crippen molar-refractivity contribution in [3.8, 4) is 11.1 Å². The molecule has 5 rings (SSSR count). The quantitative estimate of drug-likeness (QED) is 0.215. The maximum Gasteiger partial charge on any atom is -0.00990 e. The van der Waals surface area contributed by atoms with Crippen LogP contribution in [-0.4, -0.2) is 0 Å². The van der Waals surface area contributed by atoms with Gasteiger partial charge in [-0.25, -0.2) is 0 Å². The number of fused-ring (bicyclic) bond motifs is 2. The summed E-state index contributed by atoms with van der Waals surface area (Å²) in [6.45, 7) is 12.9. The molecule has 0 saturated carbocycles. The molecule has 0 aromatic heterocycles. The van der Waals surface area contributed by atoms with Crippen LogP contribution < -0.4 is 0 Å². The van der Waals surface area contributed by atoms with E-state index in [9.17, 15) is 0 Å².